The third-order valence-electron chi connectivity index (χ3n) is 1.98. The molecule has 0 aromatic carbocycles. The minimum absolute atomic E-state index is 0.261. The lowest BCUT2D eigenvalue weighted by Crippen LogP contribution is -2.16. The first kappa shape index (κ1) is 11.1. The zero-order valence-corrected chi connectivity index (χ0v) is 8.05. The van der Waals surface area contributed by atoms with Gasteiger partial charge in [-0.05, 0) is 18.6 Å². The minimum atomic E-state index is -1.49. The molecular weight excluding hydrogens is 194 g/mol. The maximum atomic E-state index is 9.48. The summed E-state index contributed by atoms with van der Waals surface area (Å²) in [4.78, 5) is 3.79. The van der Waals surface area contributed by atoms with Gasteiger partial charge in [0, 0.05) is 11.8 Å². The van der Waals surface area contributed by atoms with E-state index in [9.17, 15) is 5.11 Å². The number of aromatic nitrogens is 1. The zero-order chi connectivity index (χ0) is 11.4. The molecule has 1 rings (SSSR count). The Kier molecular flexibility index (Phi) is 3.35. The number of aliphatic hydroxyl groups is 2. The van der Waals surface area contributed by atoms with E-state index in [2.05, 4.69) is 4.98 Å². The highest BCUT2D eigenvalue weighted by Crippen LogP contribution is 2.17. The highest BCUT2D eigenvalue weighted by Gasteiger charge is 2.18. The Hall–Kier alpha value is -1.95. The number of aliphatic hydroxyl groups excluding tert-OH is 2. The summed E-state index contributed by atoms with van der Waals surface area (Å²) < 4.78 is 0. The van der Waals surface area contributed by atoms with Crippen LogP contribution in [0.25, 0.3) is 0 Å². The summed E-state index contributed by atoms with van der Waals surface area (Å²) in [5, 5.41) is 35.6. The van der Waals surface area contributed by atoms with Crippen molar-refractivity contribution in [3.8, 4) is 12.1 Å². The third kappa shape index (κ3) is 2.29. The summed E-state index contributed by atoms with van der Waals surface area (Å²) in [7, 11) is 0. The van der Waals surface area contributed by atoms with E-state index in [4.69, 9.17) is 15.6 Å². The monoisotopic (exact) mass is 203 g/mol. The molecule has 5 nitrogen and oxygen atoms in total. The van der Waals surface area contributed by atoms with E-state index >= 15 is 0 Å². The van der Waals surface area contributed by atoms with Crippen molar-refractivity contribution in [1.82, 2.24) is 4.98 Å². The predicted octanol–water partition coefficient (Wildman–Crippen LogP) is 0.180. The molecule has 0 saturated heterocycles. The summed E-state index contributed by atoms with van der Waals surface area (Å²) in [5.41, 5.74) is 1.18. The fourth-order valence-electron chi connectivity index (χ4n) is 1.13. The second kappa shape index (κ2) is 4.52. The maximum Gasteiger partial charge on any atom is 0.170 e. The predicted molar refractivity (Wildman–Crippen MR) is 50.3 cm³/mol. The lowest BCUT2D eigenvalue weighted by molar-refractivity contribution is 0.0525. The van der Waals surface area contributed by atoms with E-state index in [0.29, 0.717) is 11.1 Å². The molecule has 1 aromatic rings. The van der Waals surface area contributed by atoms with Crippen molar-refractivity contribution in [2.24, 2.45) is 0 Å². The quantitative estimate of drug-likeness (QED) is 0.667. The molecule has 0 spiro atoms. The zero-order valence-electron chi connectivity index (χ0n) is 8.05. The summed E-state index contributed by atoms with van der Waals surface area (Å²) >= 11 is 0. The second-order valence-electron chi connectivity index (χ2n) is 3.06. The molecule has 2 N–H and O–H groups in total. The largest absolute Gasteiger partial charge is 0.384 e. The Morgan fingerprint density at radius 3 is 2.53 bits per heavy atom. The minimum Gasteiger partial charge on any atom is -0.384 e. The molecule has 0 bridgehead atoms. The van der Waals surface area contributed by atoms with E-state index in [0.717, 1.165) is 0 Å². The summed E-state index contributed by atoms with van der Waals surface area (Å²) in [6, 6.07) is 4.93. The van der Waals surface area contributed by atoms with Gasteiger partial charge < -0.3 is 10.2 Å². The van der Waals surface area contributed by atoms with Crippen molar-refractivity contribution < 1.29 is 10.2 Å². The summed E-state index contributed by atoms with van der Waals surface area (Å²) in [6.07, 6.45) is -1.51. The average molecular weight is 203 g/mol. The molecule has 0 saturated carbocycles. The number of pyridine rings is 1. The van der Waals surface area contributed by atoms with E-state index in [-0.39, 0.29) is 5.69 Å². The van der Waals surface area contributed by atoms with Gasteiger partial charge >= 0.3 is 0 Å². The van der Waals surface area contributed by atoms with Crippen molar-refractivity contribution in [3.63, 3.8) is 0 Å². The number of hydrogen-bond acceptors (Lipinski definition) is 5. The number of rotatable bonds is 2. The van der Waals surface area contributed by atoms with Crippen molar-refractivity contribution >= 4 is 0 Å². The van der Waals surface area contributed by atoms with Gasteiger partial charge in [0.1, 0.15) is 17.9 Å². The van der Waals surface area contributed by atoms with Crippen LogP contribution >= 0.6 is 0 Å². The molecule has 0 amide bonds. The van der Waals surface area contributed by atoms with Crippen LogP contribution in [0.1, 0.15) is 22.9 Å². The van der Waals surface area contributed by atoms with Gasteiger partial charge in [-0.15, -0.1) is 0 Å². The maximum absolute atomic E-state index is 9.48. The van der Waals surface area contributed by atoms with Gasteiger partial charge in [-0.2, -0.15) is 10.5 Å². The standard InChI is InChI=1S/C10H9N3O2/c1-6-2-7(5-13-8(6)3-11)10(15)9(14)4-12/h2,5,9-10,14-15H,1H3. The van der Waals surface area contributed by atoms with Crippen LogP contribution in [0.3, 0.4) is 0 Å². The summed E-state index contributed by atoms with van der Waals surface area (Å²) in [6.45, 7) is 1.67. The Morgan fingerprint density at radius 2 is 2.07 bits per heavy atom. The van der Waals surface area contributed by atoms with Gasteiger partial charge in [-0.3, -0.25) is 0 Å². The van der Waals surface area contributed by atoms with Crippen LogP contribution in [-0.4, -0.2) is 21.3 Å². The lowest BCUT2D eigenvalue weighted by atomic mass is 10.0. The van der Waals surface area contributed by atoms with Crippen LogP contribution in [-0.2, 0) is 0 Å². The van der Waals surface area contributed by atoms with Gasteiger partial charge in [-0.1, -0.05) is 0 Å². The van der Waals surface area contributed by atoms with Crippen molar-refractivity contribution in [2.75, 3.05) is 0 Å². The first-order valence-electron chi connectivity index (χ1n) is 4.22. The molecule has 0 fully saturated rings. The van der Waals surface area contributed by atoms with Crippen LogP contribution in [0.15, 0.2) is 12.3 Å². The van der Waals surface area contributed by atoms with E-state index in [1.807, 2.05) is 6.07 Å². The van der Waals surface area contributed by atoms with Crippen LogP contribution < -0.4 is 0 Å². The fourth-order valence-corrected chi connectivity index (χ4v) is 1.13. The fraction of sp³-hybridized carbons (Fsp3) is 0.300. The molecule has 0 radical (unpaired) electrons. The first-order chi connectivity index (χ1) is 7.10. The van der Waals surface area contributed by atoms with E-state index in [1.165, 1.54) is 18.3 Å². The number of aryl methyl sites for hydroxylation is 1. The normalized spacial score (nSPS) is 13.7. The third-order valence-corrected chi connectivity index (χ3v) is 1.98. The Labute approximate surface area is 86.8 Å². The van der Waals surface area contributed by atoms with Gasteiger partial charge in [-0.25, -0.2) is 4.98 Å². The van der Waals surface area contributed by atoms with Crippen LogP contribution in [0.5, 0.6) is 0 Å². The molecule has 0 aliphatic heterocycles. The number of nitriles is 2. The Bertz CT molecular complexity index is 445. The molecule has 76 valence electrons. The topological polar surface area (TPSA) is 101 Å². The van der Waals surface area contributed by atoms with Crippen LogP contribution in [0, 0.1) is 29.6 Å². The molecule has 1 aromatic heterocycles. The molecule has 2 atom stereocenters. The van der Waals surface area contributed by atoms with E-state index in [1.54, 1.807) is 6.92 Å². The SMILES string of the molecule is Cc1cc(C(O)C(O)C#N)cnc1C#N. The molecule has 2 unspecified atom stereocenters. The van der Waals surface area contributed by atoms with Gasteiger partial charge in [0.2, 0.25) is 0 Å². The Morgan fingerprint density at radius 1 is 1.40 bits per heavy atom. The van der Waals surface area contributed by atoms with Crippen LogP contribution in [0.4, 0.5) is 0 Å². The average Bonchev–Trinajstić information content (AvgIpc) is 2.26. The second-order valence-corrected chi connectivity index (χ2v) is 3.06. The van der Waals surface area contributed by atoms with Crippen molar-refractivity contribution in [1.29, 1.82) is 10.5 Å². The smallest absolute Gasteiger partial charge is 0.170 e. The van der Waals surface area contributed by atoms with Gasteiger partial charge in [0.05, 0.1) is 6.07 Å². The number of hydrogen-bond donors (Lipinski definition) is 2. The van der Waals surface area contributed by atoms with Crippen LogP contribution in [0.2, 0.25) is 0 Å². The van der Waals surface area contributed by atoms with Gasteiger partial charge in [0.15, 0.2) is 6.10 Å². The molecular formula is C10H9N3O2. The highest BCUT2D eigenvalue weighted by molar-refractivity contribution is 5.33. The Balaban J connectivity index is 3.05. The molecule has 0 aliphatic carbocycles. The molecule has 0 aliphatic rings. The molecule has 5 heteroatoms. The lowest BCUT2D eigenvalue weighted by Gasteiger charge is -2.12. The van der Waals surface area contributed by atoms with Gasteiger partial charge in [0.25, 0.3) is 0 Å². The summed E-state index contributed by atoms with van der Waals surface area (Å²) in [5.74, 6) is 0. The molecule has 1 heterocycles. The molecule has 15 heavy (non-hydrogen) atoms. The number of nitrogens with zero attached hydrogens (tertiary/aromatic N) is 3. The van der Waals surface area contributed by atoms with Crippen molar-refractivity contribution in [3.05, 3.63) is 29.1 Å². The first-order valence-corrected chi connectivity index (χ1v) is 4.22. The highest BCUT2D eigenvalue weighted by atomic mass is 16.3. The van der Waals surface area contributed by atoms with E-state index < -0.39 is 12.2 Å². The van der Waals surface area contributed by atoms with Crippen molar-refractivity contribution in [2.45, 2.75) is 19.1 Å².